The van der Waals surface area contributed by atoms with Crippen LogP contribution >= 0.6 is 0 Å². The van der Waals surface area contributed by atoms with E-state index in [1.165, 1.54) is 5.56 Å². The molecule has 0 radical (unpaired) electrons. The van der Waals surface area contributed by atoms with Crippen LogP contribution in [0.4, 0.5) is 0 Å². The highest BCUT2D eigenvalue weighted by Gasteiger charge is 2.31. The molecule has 0 spiro atoms. The lowest BCUT2D eigenvalue weighted by atomic mass is 9.92. The van der Waals surface area contributed by atoms with Gasteiger partial charge in [-0.2, -0.15) is 0 Å². The van der Waals surface area contributed by atoms with Crippen molar-refractivity contribution in [2.24, 2.45) is 0 Å². The maximum atomic E-state index is 5.88. The van der Waals surface area contributed by atoms with Crippen molar-refractivity contribution in [2.75, 3.05) is 0 Å². The summed E-state index contributed by atoms with van der Waals surface area (Å²) in [6, 6.07) is 12.2. The first-order valence-corrected chi connectivity index (χ1v) is 7.92. The third-order valence-electron chi connectivity index (χ3n) is 4.05. The average Bonchev–Trinajstić information content (AvgIpc) is 3.05. The Hall–Kier alpha value is -2.26. The second-order valence-electron chi connectivity index (χ2n) is 5.94. The molecule has 1 aromatic heterocycles. The summed E-state index contributed by atoms with van der Waals surface area (Å²) in [4.78, 5) is 0. The topological polar surface area (TPSA) is 31.6 Å². The van der Waals surface area contributed by atoms with E-state index in [1.807, 2.05) is 37.3 Å². The van der Waals surface area contributed by atoms with Gasteiger partial charge in [-0.3, -0.25) is 0 Å². The van der Waals surface area contributed by atoms with Gasteiger partial charge in [0.1, 0.15) is 11.9 Å². The first kappa shape index (κ1) is 15.6. The lowest BCUT2D eigenvalue weighted by Crippen LogP contribution is -2.37. The van der Waals surface area contributed by atoms with Gasteiger partial charge in [-0.25, -0.2) is 0 Å². The molecule has 3 nitrogen and oxygen atoms in total. The van der Waals surface area contributed by atoms with Gasteiger partial charge in [-0.05, 0) is 30.2 Å². The Morgan fingerprint density at radius 1 is 1.22 bits per heavy atom. The number of furan rings is 1. The van der Waals surface area contributed by atoms with E-state index in [2.05, 4.69) is 18.7 Å². The zero-order valence-electron chi connectivity index (χ0n) is 13.4. The van der Waals surface area contributed by atoms with Crippen molar-refractivity contribution in [3.8, 4) is 0 Å². The molecule has 0 amide bonds. The zero-order chi connectivity index (χ0) is 16.1. The summed E-state index contributed by atoms with van der Waals surface area (Å²) in [5, 5.41) is 0. The minimum atomic E-state index is 0.205. The van der Waals surface area contributed by atoms with E-state index in [1.54, 1.807) is 12.5 Å². The molecule has 1 heterocycles. The molecule has 1 saturated carbocycles. The normalized spacial score (nSPS) is 20.8. The Labute approximate surface area is 137 Å². The summed E-state index contributed by atoms with van der Waals surface area (Å²) in [6.07, 6.45) is 7.66. The minimum Gasteiger partial charge on any atom is -0.491 e. The van der Waals surface area contributed by atoms with Crippen LogP contribution in [-0.4, -0.2) is 12.2 Å². The Morgan fingerprint density at radius 2 is 2.00 bits per heavy atom. The fourth-order valence-corrected chi connectivity index (χ4v) is 2.60. The zero-order valence-corrected chi connectivity index (χ0v) is 13.4. The fraction of sp³-hybridized carbons (Fsp3) is 0.300. The predicted molar refractivity (Wildman–Crippen MR) is 90.6 cm³/mol. The minimum absolute atomic E-state index is 0.205. The summed E-state index contributed by atoms with van der Waals surface area (Å²) in [7, 11) is 0. The first-order valence-electron chi connectivity index (χ1n) is 7.92. The van der Waals surface area contributed by atoms with Crippen LogP contribution in [0.15, 0.2) is 71.8 Å². The molecule has 1 aliphatic carbocycles. The van der Waals surface area contributed by atoms with Crippen molar-refractivity contribution in [3.63, 3.8) is 0 Å². The van der Waals surface area contributed by atoms with Gasteiger partial charge in [0.05, 0.1) is 25.2 Å². The van der Waals surface area contributed by atoms with Gasteiger partial charge < -0.3 is 13.9 Å². The van der Waals surface area contributed by atoms with E-state index in [-0.39, 0.29) is 12.2 Å². The van der Waals surface area contributed by atoms with E-state index in [4.69, 9.17) is 13.9 Å². The van der Waals surface area contributed by atoms with Crippen molar-refractivity contribution < 1.29 is 13.9 Å². The molecule has 1 fully saturated rings. The van der Waals surface area contributed by atoms with E-state index < -0.39 is 0 Å². The summed E-state index contributed by atoms with van der Waals surface area (Å²) in [6.45, 7) is 6.66. The molecule has 23 heavy (non-hydrogen) atoms. The second-order valence-corrected chi connectivity index (χ2v) is 5.94. The number of allylic oxidation sites excluding steroid dienone is 2. The molecule has 3 heteroatoms. The number of benzene rings is 1. The molecule has 0 saturated heterocycles. The van der Waals surface area contributed by atoms with Crippen molar-refractivity contribution in [1.29, 1.82) is 0 Å². The molecule has 0 bridgehead atoms. The molecule has 3 rings (SSSR count). The number of rotatable bonds is 7. The van der Waals surface area contributed by atoms with Crippen molar-refractivity contribution >= 4 is 5.57 Å². The first-order chi connectivity index (χ1) is 11.2. The van der Waals surface area contributed by atoms with Crippen LogP contribution in [0.25, 0.3) is 5.57 Å². The quantitative estimate of drug-likeness (QED) is 0.535. The standard InChI is InChI=1S/C20H22O3/c1-15(18-8-9-21-14-18)10-16(2)23-20-11-19(12-20)22-13-17-6-4-3-5-7-17/h3-10,14,19-20H,2,11-13H2,1H3/b15-10+. The predicted octanol–water partition coefficient (Wildman–Crippen LogP) is 4.96. The molecule has 0 N–H and O–H groups in total. The maximum absolute atomic E-state index is 5.88. The summed E-state index contributed by atoms with van der Waals surface area (Å²) >= 11 is 0. The molecule has 120 valence electrons. The van der Waals surface area contributed by atoms with Crippen LogP contribution in [0.5, 0.6) is 0 Å². The van der Waals surface area contributed by atoms with Gasteiger partial charge in [-0.15, -0.1) is 0 Å². The molecular weight excluding hydrogens is 288 g/mol. The highest BCUT2D eigenvalue weighted by Crippen LogP contribution is 2.29. The van der Waals surface area contributed by atoms with Gasteiger partial charge >= 0.3 is 0 Å². The van der Waals surface area contributed by atoms with Gasteiger partial charge in [0.25, 0.3) is 0 Å². The van der Waals surface area contributed by atoms with E-state index in [0.29, 0.717) is 12.4 Å². The Morgan fingerprint density at radius 3 is 2.70 bits per heavy atom. The van der Waals surface area contributed by atoms with Gasteiger partial charge in [0.15, 0.2) is 0 Å². The summed E-state index contributed by atoms with van der Waals surface area (Å²) in [5.41, 5.74) is 3.34. The third-order valence-corrected chi connectivity index (χ3v) is 4.05. The van der Waals surface area contributed by atoms with E-state index >= 15 is 0 Å². The van der Waals surface area contributed by atoms with Crippen molar-refractivity contribution in [1.82, 2.24) is 0 Å². The molecule has 1 aliphatic rings. The molecule has 1 aromatic carbocycles. The summed E-state index contributed by atoms with van der Waals surface area (Å²) in [5.74, 6) is 0.690. The largest absolute Gasteiger partial charge is 0.491 e. The second kappa shape index (κ2) is 7.34. The molecular formula is C20H22O3. The highest BCUT2D eigenvalue weighted by atomic mass is 16.5. The maximum Gasteiger partial charge on any atom is 0.112 e. The molecule has 0 atom stereocenters. The highest BCUT2D eigenvalue weighted by molar-refractivity contribution is 5.64. The Kier molecular flexibility index (Phi) is 4.99. The molecule has 2 aromatic rings. The lowest BCUT2D eigenvalue weighted by Gasteiger charge is -2.35. The van der Waals surface area contributed by atoms with Gasteiger partial charge in [0, 0.05) is 18.4 Å². The Balaban J connectivity index is 1.38. The molecule has 0 aliphatic heterocycles. The van der Waals surface area contributed by atoms with Crippen LogP contribution < -0.4 is 0 Å². The van der Waals surface area contributed by atoms with Crippen LogP contribution in [0.3, 0.4) is 0 Å². The van der Waals surface area contributed by atoms with Crippen LogP contribution in [0.1, 0.15) is 30.9 Å². The van der Waals surface area contributed by atoms with Crippen molar-refractivity contribution in [3.05, 3.63) is 78.5 Å². The van der Waals surface area contributed by atoms with Crippen LogP contribution in [0.2, 0.25) is 0 Å². The van der Waals surface area contributed by atoms with Gasteiger partial charge in [-0.1, -0.05) is 36.9 Å². The van der Waals surface area contributed by atoms with Crippen LogP contribution in [0, 0.1) is 0 Å². The monoisotopic (exact) mass is 310 g/mol. The lowest BCUT2D eigenvalue weighted by molar-refractivity contribution is -0.0862. The SMILES string of the molecule is C=C(/C=C(\C)c1ccoc1)OC1CC(OCc2ccccc2)C1. The number of hydrogen-bond donors (Lipinski definition) is 0. The number of ether oxygens (including phenoxy) is 2. The van der Waals surface area contributed by atoms with E-state index in [0.717, 1.165) is 24.0 Å². The number of hydrogen-bond acceptors (Lipinski definition) is 3. The van der Waals surface area contributed by atoms with Crippen molar-refractivity contribution in [2.45, 2.75) is 38.6 Å². The molecule has 0 unspecified atom stereocenters. The average molecular weight is 310 g/mol. The summed E-state index contributed by atoms with van der Waals surface area (Å²) < 4.78 is 16.8. The third kappa shape index (κ3) is 4.36. The van der Waals surface area contributed by atoms with Gasteiger partial charge in [0.2, 0.25) is 0 Å². The fourth-order valence-electron chi connectivity index (χ4n) is 2.60. The van der Waals surface area contributed by atoms with Crippen LogP contribution in [-0.2, 0) is 16.1 Å². The smallest absolute Gasteiger partial charge is 0.112 e. The Bertz CT molecular complexity index is 649. The van der Waals surface area contributed by atoms with E-state index in [9.17, 15) is 0 Å².